The highest BCUT2D eigenvalue weighted by Crippen LogP contribution is 2.49. The number of nitriles is 1. The number of halogens is 2. The average molecular weight is 622 g/mol. The summed E-state index contributed by atoms with van der Waals surface area (Å²) in [5.74, 6) is -0.961. The van der Waals surface area contributed by atoms with E-state index in [0.29, 0.717) is 40.4 Å². The quantitative estimate of drug-likeness (QED) is 0.200. The fourth-order valence-electron chi connectivity index (χ4n) is 5.17. The molecule has 1 aliphatic heterocycles. The van der Waals surface area contributed by atoms with Crippen molar-refractivity contribution in [2.75, 3.05) is 4.90 Å². The van der Waals surface area contributed by atoms with Gasteiger partial charge in [0.15, 0.2) is 11.6 Å². The highest BCUT2D eigenvalue weighted by molar-refractivity contribution is 7.89. The zero-order chi connectivity index (χ0) is 30.2. The first-order chi connectivity index (χ1) is 20.0. The Morgan fingerprint density at radius 2 is 1.81 bits per heavy atom. The number of primary sulfonamides is 1. The van der Waals surface area contributed by atoms with Crippen LogP contribution in [0.1, 0.15) is 36.3 Å². The highest BCUT2D eigenvalue weighted by atomic mass is 35.5. The van der Waals surface area contributed by atoms with E-state index in [1.165, 1.54) is 54.7 Å². The number of anilines is 1. The highest BCUT2D eigenvalue weighted by Gasteiger charge is 2.42. The smallest absolute Gasteiger partial charge is 0.278 e. The number of Topliss-reactive ketones (excluding diaryl/α,β-unsaturated/α-hetero) is 1. The van der Waals surface area contributed by atoms with Gasteiger partial charge in [0.05, 0.1) is 32.9 Å². The van der Waals surface area contributed by atoms with E-state index in [4.69, 9.17) is 28.3 Å². The number of para-hydroxylation sites is 1. The predicted molar refractivity (Wildman–Crippen MR) is 159 cm³/mol. The fraction of sp³-hybridized carbons (Fsp3) is 0.138. The van der Waals surface area contributed by atoms with E-state index in [1.807, 2.05) is 0 Å². The number of nitro benzene ring substituents is 1. The van der Waals surface area contributed by atoms with Crippen molar-refractivity contribution in [2.45, 2.75) is 30.1 Å². The molecular weight excluding hydrogens is 601 g/mol. The summed E-state index contributed by atoms with van der Waals surface area (Å²) in [4.78, 5) is 30.7. The summed E-state index contributed by atoms with van der Waals surface area (Å²) >= 11 is 12.8. The number of rotatable bonds is 6. The molecule has 5 rings (SSSR count). The lowest BCUT2D eigenvalue weighted by Gasteiger charge is -2.39. The van der Waals surface area contributed by atoms with Crippen LogP contribution < -0.4 is 10.0 Å². The number of nitro groups is 1. The van der Waals surface area contributed by atoms with Crippen LogP contribution >= 0.6 is 23.2 Å². The molecule has 212 valence electrons. The summed E-state index contributed by atoms with van der Waals surface area (Å²) in [6.07, 6.45) is 2.50. The number of sulfonamides is 1. The van der Waals surface area contributed by atoms with Crippen LogP contribution in [0.4, 0.5) is 11.4 Å². The summed E-state index contributed by atoms with van der Waals surface area (Å²) in [5.41, 5.74) is 1.87. The van der Waals surface area contributed by atoms with Crippen LogP contribution in [0.15, 0.2) is 99.3 Å². The lowest BCUT2D eigenvalue weighted by atomic mass is 9.75. The second kappa shape index (κ2) is 11.5. The van der Waals surface area contributed by atoms with Crippen molar-refractivity contribution in [3.8, 4) is 6.07 Å². The Balaban J connectivity index is 1.80. The van der Waals surface area contributed by atoms with Gasteiger partial charge in [0.25, 0.3) is 5.69 Å². The summed E-state index contributed by atoms with van der Waals surface area (Å²) in [6, 6.07) is 18.6. The standard InChI is InChI=1S/C29H21Cl2N5O5S/c30-18-8-13-21(23(31)14-18)27-22(15-32)29(34-16-17-4-1-2-5-24(17)36(38)39)35(25-6-3-7-26(37)28(25)27)19-9-11-20(12-10-19)42(33,40)41/h1-2,4-5,8-14,16,27H,3,6-7H2,(H2,33,40,41)/b34-16+. The van der Waals surface area contributed by atoms with E-state index in [0.717, 1.165) is 0 Å². The van der Waals surface area contributed by atoms with E-state index in [2.05, 4.69) is 11.1 Å². The molecule has 3 aromatic carbocycles. The van der Waals surface area contributed by atoms with Gasteiger partial charge in [0.2, 0.25) is 10.0 Å². The van der Waals surface area contributed by atoms with Crippen LogP contribution in [0.25, 0.3) is 0 Å². The Morgan fingerprint density at radius 3 is 2.45 bits per heavy atom. The average Bonchev–Trinajstić information content (AvgIpc) is 2.95. The Hall–Kier alpha value is -4.34. The Morgan fingerprint density at radius 1 is 1.10 bits per heavy atom. The van der Waals surface area contributed by atoms with Crippen molar-refractivity contribution < 1.29 is 18.1 Å². The number of carbonyl (C=O) groups excluding carboxylic acids is 1. The maximum atomic E-state index is 13.5. The summed E-state index contributed by atoms with van der Waals surface area (Å²) < 4.78 is 23.8. The van der Waals surface area contributed by atoms with E-state index in [-0.39, 0.29) is 44.8 Å². The lowest BCUT2D eigenvalue weighted by Crippen LogP contribution is -2.35. The molecule has 1 heterocycles. The number of allylic oxidation sites excluding steroid dienone is 3. The Bertz CT molecular complexity index is 1880. The zero-order valence-corrected chi connectivity index (χ0v) is 24.0. The van der Waals surface area contributed by atoms with Crippen molar-refractivity contribution in [1.29, 1.82) is 5.26 Å². The number of carbonyl (C=O) groups is 1. The van der Waals surface area contributed by atoms with Gasteiger partial charge in [-0.15, -0.1) is 0 Å². The first-order valence-corrected chi connectivity index (χ1v) is 14.9. The molecule has 0 aromatic heterocycles. The molecule has 13 heteroatoms. The molecule has 0 saturated carbocycles. The molecular formula is C29H21Cl2N5O5S. The van der Waals surface area contributed by atoms with Gasteiger partial charge in [-0.1, -0.05) is 41.4 Å². The van der Waals surface area contributed by atoms with Crippen LogP contribution in [0.5, 0.6) is 0 Å². The van der Waals surface area contributed by atoms with Crippen molar-refractivity contribution >= 4 is 56.6 Å². The number of hydrogen-bond acceptors (Lipinski definition) is 8. The van der Waals surface area contributed by atoms with Crippen molar-refractivity contribution in [3.05, 3.63) is 121 Å². The second-order valence-corrected chi connectivity index (χ2v) is 11.9. The summed E-state index contributed by atoms with van der Waals surface area (Å²) in [7, 11) is -3.99. The number of aliphatic imine (C=N–C) groups is 1. The minimum atomic E-state index is -3.99. The molecule has 2 N–H and O–H groups in total. The van der Waals surface area contributed by atoms with Crippen LogP contribution in [-0.2, 0) is 14.8 Å². The monoisotopic (exact) mass is 621 g/mol. The molecule has 0 radical (unpaired) electrons. The Labute approximate surface area is 251 Å². The number of ketones is 1. The van der Waals surface area contributed by atoms with E-state index in [1.54, 1.807) is 23.1 Å². The molecule has 10 nitrogen and oxygen atoms in total. The van der Waals surface area contributed by atoms with Crippen LogP contribution in [-0.4, -0.2) is 25.3 Å². The van der Waals surface area contributed by atoms with E-state index in [9.17, 15) is 28.6 Å². The van der Waals surface area contributed by atoms with Crippen molar-refractivity contribution in [3.63, 3.8) is 0 Å². The van der Waals surface area contributed by atoms with Crippen LogP contribution in [0.2, 0.25) is 10.0 Å². The number of nitrogens with two attached hydrogens (primary N) is 1. The molecule has 1 atom stereocenters. The minimum absolute atomic E-state index is 0.0681. The number of hydrogen-bond donors (Lipinski definition) is 1. The molecule has 0 spiro atoms. The molecule has 1 unspecified atom stereocenters. The minimum Gasteiger partial charge on any atom is -0.298 e. The van der Waals surface area contributed by atoms with Crippen molar-refractivity contribution in [1.82, 2.24) is 0 Å². The third-order valence-corrected chi connectivity index (χ3v) is 8.50. The second-order valence-electron chi connectivity index (χ2n) is 9.53. The van der Waals surface area contributed by atoms with Gasteiger partial charge in [0, 0.05) is 45.7 Å². The van der Waals surface area contributed by atoms with Gasteiger partial charge >= 0.3 is 0 Å². The lowest BCUT2D eigenvalue weighted by molar-refractivity contribution is -0.385. The van der Waals surface area contributed by atoms with Crippen LogP contribution in [0, 0.1) is 21.4 Å². The first-order valence-electron chi connectivity index (χ1n) is 12.6. The van der Waals surface area contributed by atoms with E-state index >= 15 is 0 Å². The third-order valence-electron chi connectivity index (χ3n) is 7.01. The maximum Gasteiger partial charge on any atom is 0.278 e. The predicted octanol–water partition coefficient (Wildman–Crippen LogP) is 6.01. The van der Waals surface area contributed by atoms with Gasteiger partial charge in [-0.25, -0.2) is 18.5 Å². The molecule has 0 amide bonds. The van der Waals surface area contributed by atoms with Gasteiger partial charge < -0.3 is 0 Å². The van der Waals surface area contributed by atoms with Gasteiger partial charge in [-0.05, 0) is 60.9 Å². The molecule has 0 saturated heterocycles. The largest absolute Gasteiger partial charge is 0.298 e. The van der Waals surface area contributed by atoms with Gasteiger partial charge in [-0.3, -0.25) is 19.8 Å². The molecule has 3 aromatic rings. The molecule has 42 heavy (non-hydrogen) atoms. The number of nitrogens with zero attached hydrogens (tertiary/aromatic N) is 4. The SMILES string of the molecule is N#CC1=C(/N=C/c2ccccc2[N+](=O)[O-])N(c2ccc(S(N)(=O)=O)cc2)C2=C(C(=O)CCC2)C1c1ccc(Cl)cc1Cl. The molecule has 0 fully saturated rings. The molecule has 0 bridgehead atoms. The first kappa shape index (κ1) is 29.2. The third kappa shape index (κ3) is 5.45. The van der Waals surface area contributed by atoms with Gasteiger partial charge in [0.1, 0.15) is 0 Å². The number of benzene rings is 3. The fourth-order valence-corrected chi connectivity index (χ4v) is 6.21. The normalized spacial score (nSPS) is 17.4. The summed E-state index contributed by atoms with van der Waals surface area (Å²) in [6.45, 7) is 0. The topological polar surface area (TPSA) is 160 Å². The van der Waals surface area contributed by atoms with Crippen LogP contribution in [0.3, 0.4) is 0 Å². The zero-order valence-electron chi connectivity index (χ0n) is 21.7. The van der Waals surface area contributed by atoms with Crippen molar-refractivity contribution in [2.24, 2.45) is 10.1 Å². The van der Waals surface area contributed by atoms with Gasteiger partial charge in [-0.2, -0.15) is 5.26 Å². The molecule has 1 aliphatic carbocycles. The molecule has 2 aliphatic rings. The Kier molecular flexibility index (Phi) is 7.99. The summed E-state index contributed by atoms with van der Waals surface area (Å²) in [5, 5.41) is 28.1. The maximum absolute atomic E-state index is 13.5. The van der Waals surface area contributed by atoms with E-state index < -0.39 is 20.9 Å².